The fourth-order valence-electron chi connectivity index (χ4n) is 3.88. The van der Waals surface area contributed by atoms with Crippen molar-refractivity contribution >= 4 is 17.5 Å². The zero-order valence-electron chi connectivity index (χ0n) is 17.6. The maximum absolute atomic E-state index is 13.1. The molecule has 1 aromatic carbocycles. The molecule has 2 aromatic heterocycles. The van der Waals surface area contributed by atoms with Crippen molar-refractivity contribution in [3.05, 3.63) is 81.5 Å². The van der Waals surface area contributed by atoms with Gasteiger partial charge in [0.25, 0.3) is 5.56 Å². The molecule has 8 nitrogen and oxygen atoms in total. The lowest BCUT2D eigenvalue weighted by Crippen LogP contribution is -2.37. The van der Waals surface area contributed by atoms with E-state index in [1.54, 1.807) is 23.0 Å². The molecule has 0 fully saturated rings. The maximum atomic E-state index is 13.1. The number of nitrogens with one attached hydrogen (secondary N) is 2. The van der Waals surface area contributed by atoms with E-state index in [-0.39, 0.29) is 23.3 Å². The van der Waals surface area contributed by atoms with Crippen LogP contribution in [0.4, 0.5) is 11.6 Å². The molecule has 160 valence electrons. The van der Waals surface area contributed by atoms with Crippen LogP contribution in [0.15, 0.2) is 53.6 Å². The summed E-state index contributed by atoms with van der Waals surface area (Å²) in [5, 5.41) is 6.11. The first-order chi connectivity index (χ1) is 14.9. The summed E-state index contributed by atoms with van der Waals surface area (Å²) < 4.78 is 1.56. The number of nitrogens with two attached hydrogens (primary N) is 1. The van der Waals surface area contributed by atoms with Gasteiger partial charge in [0, 0.05) is 24.6 Å². The van der Waals surface area contributed by atoms with Gasteiger partial charge in [-0.1, -0.05) is 35.9 Å². The number of anilines is 2. The number of nitrogen functional groups attached to an aromatic ring is 1. The smallest absolute Gasteiger partial charge is 0.294 e. The highest BCUT2D eigenvalue weighted by Gasteiger charge is 2.31. The molecule has 0 radical (unpaired) electrons. The minimum Gasteiger partial charge on any atom is -0.384 e. The molecule has 0 spiro atoms. The third-order valence-electron chi connectivity index (χ3n) is 5.57. The van der Waals surface area contributed by atoms with Crippen molar-refractivity contribution in [2.75, 3.05) is 11.1 Å². The topological polar surface area (TPSA) is 115 Å². The molecule has 0 saturated carbocycles. The Bertz CT molecular complexity index is 1160. The summed E-state index contributed by atoms with van der Waals surface area (Å²) in [6, 6.07) is 10.8. The lowest BCUT2D eigenvalue weighted by Gasteiger charge is -2.19. The Labute approximate surface area is 180 Å². The average molecular weight is 419 g/mol. The lowest BCUT2D eigenvalue weighted by atomic mass is 10.1. The largest absolute Gasteiger partial charge is 0.384 e. The van der Waals surface area contributed by atoms with Crippen LogP contribution >= 0.6 is 0 Å². The number of carbonyl (C=O) groups excluding carboxylic acids is 1. The quantitative estimate of drug-likeness (QED) is 0.567. The number of pyridine rings is 1. The minimum absolute atomic E-state index is 0.194. The summed E-state index contributed by atoms with van der Waals surface area (Å²) in [6.07, 6.45) is 4.53. The van der Waals surface area contributed by atoms with Crippen LogP contribution in [-0.4, -0.2) is 20.4 Å². The Morgan fingerprint density at radius 3 is 2.84 bits per heavy atom. The number of amides is 1. The van der Waals surface area contributed by atoms with Gasteiger partial charge in [-0.3, -0.25) is 14.2 Å². The van der Waals surface area contributed by atoms with E-state index >= 15 is 0 Å². The molecule has 1 aliphatic heterocycles. The first-order valence-electron chi connectivity index (χ1n) is 10.3. The molecule has 1 aliphatic rings. The Hall–Kier alpha value is -3.68. The SMILES string of the molecule is Cc1cccc(CNc2ncc3n(c2=O)[C@H](C(=O)N[C@H](C)c2ccc(N)nc2)CC3)c1. The van der Waals surface area contributed by atoms with Crippen LogP contribution in [0.25, 0.3) is 0 Å². The van der Waals surface area contributed by atoms with Crippen LogP contribution < -0.4 is 21.9 Å². The van der Waals surface area contributed by atoms with E-state index < -0.39 is 6.04 Å². The van der Waals surface area contributed by atoms with E-state index in [1.165, 1.54) is 0 Å². The van der Waals surface area contributed by atoms with Gasteiger partial charge in [0.15, 0.2) is 5.82 Å². The fourth-order valence-corrected chi connectivity index (χ4v) is 3.88. The second kappa shape index (κ2) is 8.59. The third kappa shape index (κ3) is 4.42. The number of nitrogens with zero attached hydrogens (tertiary/aromatic N) is 3. The van der Waals surface area contributed by atoms with E-state index in [9.17, 15) is 9.59 Å². The summed E-state index contributed by atoms with van der Waals surface area (Å²) in [5.41, 5.74) is 9.20. The first kappa shape index (κ1) is 20.6. The molecular weight excluding hydrogens is 392 g/mol. The van der Waals surface area contributed by atoms with E-state index in [0.717, 1.165) is 22.4 Å². The summed E-state index contributed by atoms with van der Waals surface area (Å²) in [5.74, 6) is 0.485. The van der Waals surface area contributed by atoms with Gasteiger partial charge in [-0.05, 0) is 43.9 Å². The molecule has 0 saturated heterocycles. The molecule has 3 heterocycles. The third-order valence-corrected chi connectivity index (χ3v) is 5.57. The van der Waals surface area contributed by atoms with E-state index in [4.69, 9.17) is 5.73 Å². The standard InChI is InChI=1S/C23H26N6O2/c1-14-4-3-5-16(10-14)11-26-21-23(31)29-18(13-27-21)7-8-19(29)22(30)28-15(2)17-6-9-20(24)25-12-17/h3-6,9-10,12-13,15,19H,7-8,11H2,1-2H3,(H2,24,25)(H,26,27)(H,28,30)/t15-,19+/m1/s1. The number of benzene rings is 1. The van der Waals surface area contributed by atoms with Crippen LogP contribution in [0.2, 0.25) is 0 Å². The van der Waals surface area contributed by atoms with Gasteiger partial charge in [0.2, 0.25) is 5.91 Å². The van der Waals surface area contributed by atoms with Gasteiger partial charge in [0.05, 0.1) is 6.04 Å². The molecule has 1 amide bonds. The monoisotopic (exact) mass is 418 g/mol. The normalized spacial score (nSPS) is 15.9. The minimum atomic E-state index is -0.561. The highest BCUT2D eigenvalue weighted by atomic mass is 16.2. The molecule has 0 aliphatic carbocycles. The molecule has 0 unspecified atom stereocenters. The fraction of sp³-hybridized carbons (Fsp3) is 0.304. The van der Waals surface area contributed by atoms with E-state index in [2.05, 4.69) is 26.7 Å². The molecule has 0 bridgehead atoms. The van der Waals surface area contributed by atoms with Gasteiger partial charge in [-0.25, -0.2) is 9.97 Å². The molecule has 8 heteroatoms. The van der Waals surface area contributed by atoms with Crippen LogP contribution in [0.5, 0.6) is 0 Å². The predicted octanol–water partition coefficient (Wildman–Crippen LogP) is 2.51. The number of hydrogen-bond donors (Lipinski definition) is 3. The van der Waals surface area contributed by atoms with Gasteiger partial charge in [0.1, 0.15) is 11.9 Å². The summed E-state index contributed by atoms with van der Waals surface area (Å²) >= 11 is 0. The van der Waals surface area contributed by atoms with Crippen LogP contribution in [0.3, 0.4) is 0 Å². The lowest BCUT2D eigenvalue weighted by molar-refractivity contribution is -0.124. The second-order valence-corrected chi connectivity index (χ2v) is 7.92. The number of carbonyl (C=O) groups is 1. The van der Waals surface area contributed by atoms with E-state index in [1.807, 2.05) is 38.1 Å². The Balaban J connectivity index is 1.50. The Morgan fingerprint density at radius 1 is 1.26 bits per heavy atom. The maximum Gasteiger partial charge on any atom is 0.294 e. The second-order valence-electron chi connectivity index (χ2n) is 7.92. The van der Waals surface area contributed by atoms with Crippen LogP contribution in [0.1, 0.15) is 47.8 Å². The first-order valence-corrected chi connectivity index (χ1v) is 10.3. The van der Waals surface area contributed by atoms with Crippen molar-refractivity contribution in [1.29, 1.82) is 0 Å². The van der Waals surface area contributed by atoms with Crippen molar-refractivity contribution in [2.45, 2.75) is 45.3 Å². The van der Waals surface area contributed by atoms with Crippen molar-refractivity contribution in [2.24, 2.45) is 0 Å². The van der Waals surface area contributed by atoms with Crippen molar-refractivity contribution in [1.82, 2.24) is 19.9 Å². The Kier molecular flexibility index (Phi) is 5.70. The highest BCUT2D eigenvalue weighted by molar-refractivity contribution is 5.81. The van der Waals surface area contributed by atoms with E-state index in [0.29, 0.717) is 25.2 Å². The Morgan fingerprint density at radius 2 is 2.10 bits per heavy atom. The van der Waals surface area contributed by atoms with Crippen molar-refractivity contribution in [3.63, 3.8) is 0 Å². The molecule has 4 rings (SSSR count). The zero-order chi connectivity index (χ0) is 22.0. The van der Waals surface area contributed by atoms with Gasteiger partial charge >= 0.3 is 0 Å². The predicted molar refractivity (Wildman–Crippen MR) is 120 cm³/mol. The summed E-state index contributed by atoms with van der Waals surface area (Å²) in [6.45, 7) is 4.39. The number of fused-ring (bicyclic) bond motifs is 1. The highest BCUT2D eigenvalue weighted by Crippen LogP contribution is 2.25. The van der Waals surface area contributed by atoms with Gasteiger partial charge in [-0.15, -0.1) is 0 Å². The molecule has 2 atom stereocenters. The molecule has 3 aromatic rings. The molecule has 4 N–H and O–H groups in total. The number of aryl methyl sites for hydroxylation is 2. The molecular formula is C23H26N6O2. The molecule has 31 heavy (non-hydrogen) atoms. The van der Waals surface area contributed by atoms with Crippen LogP contribution in [-0.2, 0) is 17.8 Å². The average Bonchev–Trinajstić information content (AvgIpc) is 3.19. The van der Waals surface area contributed by atoms with Crippen LogP contribution in [0, 0.1) is 6.92 Å². The number of aromatic nitrogens is 3. The zero-order valence-corrected chi connectivity index (χ0v) is 17.6. The van der Waals surface area contributed by atoms with Crippen molar-refractivity contribution < 1.29 is 4.79 Å². The number of hydrogen-bond acceptors (Lipinski definition) is 6. The van der Waals surface area contributed by atoms with Crippen molar-refractivity contribution in [3.8, 4) is 0 Å². The summed E-state index contributed by atoms with van der Waals surface area (Å²) in [4.78, 5) is 34.4. The number of rotatable bonds is 6. The summed E-state index contributed by atoms with van der Waals surface area (Å²) in [7, 11) is 0. The van der Waals surface area contributed by atoms with Gasteiger partial charge in [-0.2, -0.15) is 0 Å². The van der Waals surface area contributed by atoms with Gasteiger partial charge < -0.3 is 16.4 Å².